The Kier molecular flexibility index (Phi) is 5.03. The molecule has 3 heterocycles. The van der Waals surface area contributed by atoms with Gasteiger partial charge in [0, 0.05) is 55.3 Å². The molecule has 1 aromatic carbocycles. The fraction of sp³-hybridized carbons (Fsp3) is 0.292. The number of furan rings is 1. The molecule has 3 aromatic rings. The van der Waals surface area contributed by atoms with Crippen LogP contribution < -0.4 is 0 Å². The van der Waals surface area contributed by atoms with Gasteiger partial charge in [0.2, 0.25) is 0 Å². The Morgan fingerprint density at radius 2 is 1.77 bits per heavy atom. The average Bonchev–Trinajstić information content (AvgIpc) is 3.44. The molecule has 0 bridgehead atoms. The monoisotopic (exact) mass is 416 g/mol. The third-order valence-corrected chi connectivity index (χ3v) is 6.15. The standard InChI is InChI=1S/C24H24N4O3/c1-27-10-12-28(13-11-27)24(29)22-15-20(23(31-22)16-6-8-25-9-7-16)18-2-4-19-17(14-18)3-5-21(19)26-30/h2,4,6-9,14-15,30H,3,5,10-13H2,1H3/b26-21+. The third kappa shape index (κ3) is 3.61. The summed E-state index contributed by atoms with van der Waals surface area (Å²) in [5.74, 6) is 0.934. The molecule has 0 spiro atoms. The molecule has 31 heavy (non-hydrogen) atoms. The minimum Gasteiger partial charge on any atom is -0.450 e. The molecule has 0 radical (unpaired) electrons. The second-order valence-electron chi connectivity index (χ2n) is 8.10. The van der Waals surface area contributed by atoms with Crippen LogP contribution in [0.1, 0.15) is 28.1 Å². The lowest BCUT2D eigenvalue weighted by Crippen LogP contribution is -2.47. The molecule has 1 N–H and O–H groups in total. The fourth-order valence-electron chi connectivity index (χ4n) is 4.34. The number of amides is 1. The SMILES string of the molecule is CN1CCN(C(=O)c2cc(-c3ccc4c(c3)CC/C4=N\O)c(-c3ccncc3)o2)CC1. The summed E-state index contributed by atoms with van der Waals surface area (Å²) in [4.78, 5) is 21.3. The van der Waals surface area contributed by atoms with Crippen molar-refractivity contribution in [2.45, 2.75) is 12.8 Å². The van der Waals surface area contributed by atoms with Gasteiger partial charge < -0.3 is 19.4 Å². The van der Waals surface area contributed by atoms with Gasteiger partial charge in [-0.15, -0.1) is 0 Å². The van der Waals surface area contributed by atoms with Crippen LogP contribution in [-0.4, -0.2) is 64.8 Å². The normalized spacial score (nSPS) is 17.8. The van der Waals surface area contributed by atoms with Crippen LogP contribution in [0, 0.1) is 0 Å². The number of fused-ring (bicyclic) bond motifs is 1. The zero-order valence-corrected chi connectivity index (χ0v) is 17.4. The number of carbonyl (C=O) groups excluding carboxylic acids is 1. The number of hydrogen-bond donors (Lipinski definition) is 1. The summed E-state index contributed by atoms with van der Waals surface area (Å²) in [5.41, 5.74) is 5.56. The van der Waals surface area contributed by atoms with Crippen molar-refractivity contribution in [2.24, 2.45) is 5.16 Å². The van der Waals surface area contributed by atoms with Crippen molar-refractivity contribution in [1.29, 1.82) is 0 Å². The smallest absolute Gasteiger partial charge is 0.289 e. The predicted molar refractivity (Wildman–Crippen MR) is 117 cm³/mol. The number of hydrogen-bond acceptors (Lipinski definition) is 6. The van der Waals surface area contributed by atoms with Crippen molar-refractivity contribution >= 4 is 11.6 Å². The van der Waals surface area contributed by atoms with Gasteiger partial charge in [0.05, 0.1) is 5.71 Å². The van der Waals surface area contributed by atoms with Crippen LogP contribution in [0.4, 0.5) is 0 Å². The van der Waals surface area contributed by atoms with Gasteiger partial charge in [-0.2, -0.15) is 0 Å². The molecule has 1 aliphatic carbocycles. The first-order valence-electron chi connectivity index (χ1n) is 10.5. The van der Waals surface area contributed by atoms with Crippen LogP contribution >= 0.6 is 0 Å². The summed E-state index contributed by atoms with van der Waals surface area (Å²) in [5, 5.41) is 12.6. The quantitative estimate of drug-likeness (QED) is 0.522. The summed E-state index contributed by atoms with van der Waals surface area (Å²) in [7, 11) is 2.06. The summed E-state index contributed by atoms with van der Waals surface area (Å²) >= 11 is 0. The van der Waals surface area contributed by atoms with Gasteiger partial charge >= 0.3 is 0 Å². The molecule has 0 saturated carbocycles. The van der Waals surface area contributed by atoms with Crippen LogP contribution in [-0.2, 0) is 6.42 Å². The molecule has 2 aliphatic rings. The Morgan fingerprint density at radius 3 is 2.52 bits per heavy atom. The lowest BCUT2D eigenvalue weighted by molar-refractivity contribution is 0.0633. The highest BCUT2D eigenvalue weighted by molar-refractivity contribution is 6.05. The Morgan fingerprint density at radius 1 is 1.00 bits per heavy atom. The number of pyridine rings is 1. The highest BCUT2D eigenvalue weighted by Gasteiger charge is 2.26. The van der Waals surface area contributed by atoms with Crippen LogP contribution in [0.3, 0.4) is 0 Å². The van der Waals surface area contributed by atoms with Crippen molar-refractivity contribution in [2.75, 3.05) is 33.2 Å². The van der Waals surface area contributed by atoms with E-state index in [-0.39, 0.29) is 5.91 Å². The maximum atomic E-state index is 13.2. The molecule has 5 rings (SSSR count). The second-order valence-corrected chi connectivity index (χ2v) is 8.10. The Labute approximate surface area is 180 Å². The minimum atomic E-state index is -0.0782. The number of benzene rings is 1. The Balaban J connectivity index is 1.56. The number of piperazine rings is 1. The fourth-order valence-corrected chi connectivity index (χ4v) is 4.34. The molecule has 7 heteroatoms. The van der Waals surface area contributed by atoms with Gasteiger partial charge in [-0.05, 0) is 49.2 Å². The largest absolute Gasteiger partial charge is 0.450 e. The molecule has 158 valence electrons. The predicted octanol–water partition coefficient (Wildman–Crippen LogP) is 3.52. The summed E-state index contributed by atoms with van der Waals surface area (Å²) in [6, 6.07) is 11.7. The van der Waals surface area contributed by atoms with Gasteiger partial charge in [0.15, 0.2) is 5.76 Å². The molecule has 7 nitrogen and oxygen atoms in total. The van der Waals surface area contributed by atoms with E-state index in [9.17, 15) is 10.0 Å². The van der Waals surface area contributed by atoms with E-state index in [1.165, 1.54) is 0 Å². The number of oxime groups is 1. The molecular formula is C24H24N4O3. The van der Waals surface area contributed by atoms with Crippen LogP contribution in [0.25, 0.3) is 22.5 Å². The topological polar surface area (TPSA) is 82.2 Å². The number of likely N-dealkylation sites (N-methyl/N-ethyl adjacent to an activating group) is 1. The molecular weight excluding hydrogens is 392 g/mol. The summed E-state index contributed by atoms with van der Waals surface area (Å²) < 4.78 is 6.16. The van der Waals surface area contributed by atoms with Crippen molar-refractivity contribution < 1.29 is 14.4 Å². The van der Waals surface area contributed by atoms with E-state index in [0.717, 1.165) is 53.7 Å². The van der Waals surface area contributed by atoms with Crippen molar-refractivity contribution in [1.82, 2.24) is 14.8 Å². The van der Waals surface area contributed by atoms with Gasteiger partial charge in [-0.3, -0.25) is 9.78 Å². The van der Waals surface area contributed by atoms with E-state index in [1.54, 1.807) is 12.4 Å². The van der Waals surface area contributed by atoms with E-state index in [4.69, 9.17) is 4.42 Å². The van der Waals surface area contributed by atoms with Crippen LogP contribution in [0.15, 0.2) is 58.4 Å². The molecule has 0 unspecified atom stereocenters. The zero-order valence-electron chi connectivity index (χ0n) is 17.4. The van der Waals surface area contributed by atoms with Gasteiger partial charge in [-0.1, -0.05) is 23.4 Å². The van der Waals surface area contributed by atoms with E-state index in [1.807, 2.05) is 35.2 Å². The van der Waals surface area contributed by atoms with Crippen molar-refractivity contribution in [3.63, 3.8) is 0 Å². The van der Waals surface area contributed by atoms with Gasteiger partial charge in [0.25, 0.3) is 5.91 Å². The lowest BCUT2D eigenvalue weighted by atomic mass is 9.98. The summed E-state index contributed by atoms with van der Waals surface area (Å²) in [6.45, 7) is 3.10. The minimum absolute atomic E-state index is 0.0782. The van der Waals surface area contributed by atoms with E-state index in [0.29, 0.717) is 30.3 Å². The number of nitrogens with zero attached hydrogens (tertiary/aromatic N) is 4. The van der Waals surface area contributed by atoms with Gasteiger partial charge in [-0.25, -0.2) is 0 Å². The molecule has 0 atom stereocenters. The van der Waals surface area contributed by atoms with E-state index < -0.39 is 0 Å². The van der Waals surface area contributed by atoms with Gasteiger partial charge in [0.1, 0.15) is 5.76 Å². The van der Waals surface area contributed by atoms with Crippen molar-refractivity contribution in [3.8, 4) is 22.5 Å². The number of carbonyl (C=O) groups is 1. The molecule has 1 amide bonds. The lowest BCUT2D eigenvalue weighted by Gasteiger charge is -2.31. The number of rotatable bonds is 3. The molecule has 1 fully saturated rings. The molecule has 2 aromatic heterocycles. The second kappa shape index (κ2) is 8.00. The molecule has 1 saturated heterocycles. The van der Waals surface area contributed by atoms with E-state index >= 15 is 0 Å². The Hall–Kier alpha value is -3.45. The third-order valence-electron chi connectivity index (χ3n) is 6.15. The number of aryl methyl sites for hydroxylation is 1. The summed E-state index contributed by atoms with van der Waals surface area (Å²) in [6.07, 6.45) is 5.00. The first-order valence-corrected chi connectivity index (χ1v) is 10.5. The first-order chi connectivity index (χ1) is 15.1. The first kappa shape index (κ1) is 19.5. The van der Waals surface area contributed by atoms with Crippen molar-refractivity contribution in [3.05, 3.63) is 65.7 Å². The maximum Gasteiger partial charge on any atom is 0.289 e. The highest BCUT2D eigenvalue weighted by atomic mass is 16.4. The van der Waals surface area contributed by atoms with Crippen LogP contribution in [0.5, 0.6) is 0 Å². The Bertz CT molecular complexity index is 1140. The highest BCUT2D eigenvalue weighted by Crippen LogP contribution is 2.37. The zero-order chi connectivity index (χ0) is 21.4. The van der Waals surface area contributed by atoms with Crippen LogP contribution in [0.2, 0.25) is 0 Å². The maximum absolute atomic E-state index is 13.2. The van der Waals surface area contributed by atoms with E-state index in [2.05, 4.69) is 28.2 Å². The number of aromatic nitrogens is 1. The molecule has 1 aliphatic heterocycles. The average molecular weight is 416 g/mol.